The van der Waals surface area contributed by atoms with E-state index in [0.717, 1.165) is 46.3 Å². The molecule has 5 aromatic rings. The van der Waals surface area contributed by atoms with Crippen LogP contribution in [0.15, 0.2) is 79.0 Å². The third kappa shape index (κ3) is 9.64. The molecule has 0 aliphatic carbocycles. The highest BCUT2D eigenvalue weighted by molar-refractivity contribution is 5.87. The van der Waals surface area contributed by atoms with Gasteiger partial charge in [0.25, 0.3) is 0 Å². The lowest BCUT2D eigenvalue weighted by Gasteiger charge is -2.30. The lowest BCUT2D eigenvalue weighted by molar-refractivity contribution is -0.136. The van der Waals surface area contributed by atoms with Crippen molar-refractivity contribution in [2.24, 2.45) is 11.8 Å². The largest absolute Gasteiger partial charge is 0.488 e. The highest BCUT2D eigenvalue weighted by Gasteiger charge is 2.43. The van der Waals surface area contributed by atoms with E-state index in [0.29, 0.717) is 36.9 Å². The number of para-hydroxylation sites is 1. The van der Waals surface area contributed by atoms with E-state index in [1.54, 1.807) is 16.0 Å². The van der Waals surface area contributed by atoms with Gasteiger partial charge in [0.2, 0.25) is 11.8 Å². The molecule has 2 aromatic heterocycles. The summed E-state index contributed by atoms with van der Waals surface area (Å²) in [6, 6.07) is 21.0. The summed E-state index contributed by atoms with van der Waals surface area (Å²) in [6.07, 6.45) is 2.27. The molecule has 0 unspecified atom stereocenters. The Morgan fingerprint density at radius 1 is 0.770 bits per heavy atom. The molecule has 0 spiro atoms. The van der Waals surface area contributed by atoms with Crippen molar-refractivity contribution < 1.29 is 33.4 Å². The van der Waals surface area contributed by atoms with Crippen molar-refractivity contribution in [3.63, 3.8) is 0 Å². The molecule has 61 heavy (non-hydrogen) atoms. The summed E-state index contributed by atoms with van der Waals surface area (Å²) in [5, 5.41) is 5.40. The Balaban J connectivity index is 1.05. The molecule has 3 aromatic carbocycles. The van der Waals surface area contributed by atoms with Gasteiger partial charge in [0.05, 0.1) is 55.8 Å². The number of likely N-dealkylation sites (tertiary alicyclic amines) is 2. The first kappa shape index (κ1) is 42.3. The molecule has 0 radical (unpaired) electrons. The number of benzene rings is 3. The SMILES string of the molecule is COC(=O)N[C@H](C(=O)N1CCC[C@H]1c1ncc(-c2ccc(C#Cc3ccc4nc([C@@H]5C[C@H](Oc6ccccc6)CN5C(=O)[C@@H](NC(=O)OC)C(C)C)[nH]c4c3)cc2)[nH]1)C(C)C. The molecular formula is C46H52N8O7. The van der Waals surface area contributed by atoms with Gasteiger partial charge in [0, 0.05) is 24.1 Å². The van der Waals surface area contributed by atoms with Gasteiger partial charge in [-0.2, -0.15) is 0 Å². The molecule has 4 amide bonds. The van der Waals surface area contributed by atoms with Gasteiger partial charge in [-0.25, -0.2) is 19.6 Å². The molecule has 15 heteroatoms. The van der Waals surface area contributed by atoms with Crippen molar-refractivity contribution in [3.8, 4) is 28.8 Å². The van der Waals surface area contributed by atoms with Crippen LogP contribution in [-0.2, 0) is 19.1 Å². The summed E-state index contributed by atoms with van der Waals surface area (Å²) in [5.41, 5.74) is 4.87. The third-order valence-corrected chi connectivity index (χ3v) is 11.2. The first-order valence-electron chi connectivity index (χ1n) is 20.6. The van der Waals surface area contributed by atoms with Gasteiger partial charge >= 0.3 is 12.2 Å². The van der Waals surface area contributed by atoms with Crippen LogP contribution in [0, 0.1) is 23.7 Å². The van der Waals surface area contributed by atoms with Crippen LogP contribution in [0.5, 0.6) is 5.75 Å². The maximum absolute atomic E-state index is 14.1. The van der Waals surface area contributed by atoms with Gasteiger partial charge in [-0.15, -0.1) is 0 Å². The second kappa shape index (κ2) is 18.6. The van der Waals surface area contributed by atoms with E-state index in [2.05, 4.69) is 37.4 Å². The Hall–Kier alpha value is -6.82. The molecule has 2 aliphatic rings. The second-order valence-corrected chi connectivity index (χ2v) is 16.1. The molecule has 2 saturated heterocycles. The van der Waals surface area contributed by atoms with Crippen molar-refractivity contribution in [1.82, 2.24) is 40.4 Å². The van der Waals surface area contributed by atoms with Crippen LogP contribution in [0.2, 0.25) is 0 Å². The minimum absolute atomic E-state index is 0.118. The van der Waals surface area contributed by atoms with Crippen molar-refractivity contribution in [1.29, 1.82) is 0 Å². The third-order valence-electron chi connectivity index (χ3n) is 11.2. The molecule has 5 atom stereocenters. The van der Waals surface area contributed by atoms with Gasteiger partial charge in [0.1, 0.15) is 35.6 Å². The molecule has 0 bridgehead atoms. The summed E-state index contributed by atoms with van der Waals surface area (Å²) in [6.45, 7) is 8.43. The van der Waals surface area contributed by atoms with Crippen LogP contribution < -0.4 is 15.4 Å². The minimum atomic E-state index is -0.801. The fraction of sp³-hybridized carbons (Fsp3) is 0.391. The summed E-state index contributed by atoms with van der Waals surface area (Å²) in [4.78, 5) is 71.8. The number of hydrogen-bond acceptors (Lipinski definition) is 9. The number of rotatable bonds is 11. The van der Waals surface area contributed by atoms with Crippen LogP contribution in [0.3, 0.4) is 0 Å². The predicted molar refractivity (Wildman–Crippen MR) is 228 cm³/mol. The zero-order valence-corrected chi connectivity index (χ0v) is 35.2. The maximum atomic E-state index is 14.1. The van der Waals surface area contributed by atoms with Crippen LogP contribution in [-0.4, -0.2) is 99.2 Å². The fourth-order valence-electron chi connectivity index (χ4n) is 7.94. The normalized spacial score (nSPS) is 18.4. The van der Waals surface area contributed by atoms with E-state index < -0.39 is 30.3 Å². The van der Waals surface area contributed by atoms with Crippen molar-refractivity contribution >= 4 is 35.0 Å². The van der Waals surface area contributed by atoms with E-state index in [9.17, 15) is 19.2 Å². The number of methoxy groups -OCH3 is 2. The number of hydrogen-bond donors (Lipinski definition) is 4. The smallest absolute Gasteiger partial charge is 0.407 e. The minimum Gasteiger partial charge on any atom is -0.488 e. The van der Waals surface area contributed by atoms with Crippen molar-refractivity contribution in [2.45, 2.75) is 77.2 Å². The predicted octanol–water partition coefficient (Wildman–Crippen LogP) is 6.50. The van der Waals surface area contributed by atoms with Crippen LogP contribution >= 0.6 is 0 Å². The van der Waals surface area contributed by atoms with Crippen LogP contribution in [0.25, 0.3) is 22.3 Å². The Morgan fingerprint density at radius 3 is 2.07 bits per heavy atom. The number of H-pyrrole nitrogens is 2. The van der Waals surface area contributed by atoms with Crippen molar-refractivity contribution in [2.75, 3.05) is 27.3 Å². The van der Waals surface area contributed by atoms with Gasteiger partial charge in [-0.1, -0.05) is 69.9 Å². The number of aromatic nitrogens is 4. The summed E-state index contributed by atoms with van der Waals surface area (Å²) >= 11 is 0. The standard InChI is InChI=1S/C46H52N8O7/c1-27(2)39(51-45(57)59-5)43(55)53-22-10-13-37(53)41-47-25-36(50-41)31-19-16-29(17-20-31)14-15-30-18-21-34-35(23-30)49-42(48-34)38-24-33(61-32-11-8-7-9-12-32)26-54(38)44(56)40(28(3)4)52-46(58)60-6/h7-9,11-12,16-21,23,25,27-28,33,37-40H,10,13,22,24,26H2,1-6H3,(H,47,50)(H,48,49)(H,51,57)(H,52,58)/t33-,37-,38-,39-,40-/m0/s1. The Bertz CT molecular complexity index is 2420. The van der Waals surface area contributed by atoms with Crippen molar-refractivity contribution in [3.05, 3.63) is 102 Å². The average molecular weight is 829 g/mol. The molecule has 4 N–H and O–H groups in total. The lowest BCUT2D eigenvalue weighted by Crippen LogP contribution is -2.51. The number of fused-ring (bicyclic) bond motifs is 1. The van der Waals surface area contributed by atoms with Gasteiger partial charge < -0.3 is 44.6 Å². The molecule has 7 rings (SSSR count). The van der Waals surface area contributed by atoms with Gasteiger partial charge in [-0.3, -0.25) is 9.59 Å². The quantitative estimate of drug-likeness (QED) is 0.108. The number of carbonyl (C=O) groups is 4. The van der Waals surface area contributed by atoms with E-state index in [1.165, 1.54) is 14.2 Å². The monoisotopic (exact) mass is 828 g/mol. The lowest BCUT2D eigenvalue weighted by atomic mass is 10.0. The number of imidazole rings is 2. The fourth-order valence-corrected chi connectivity index (χ4v) is 7.94. The van der Waals surface area contributed by atoms with Gasteiger partial charge in [0.15, 0.2) is 0 Å². The summed E-state index contributed by atoms with van der Waals surface area (Å²) in [7, 11) is 2.56. The Kier molecular flexibility index (Phi) is 12.9. The maximum Gasteiger partial charge on any atom is 0.407 e. The zero-order chi connectivity index (χ0) is 43.2. The Morgan fingerprint density at radius 2 is 1.41 bits per heavy atom. The molecular weight excluding hydrogens is 777 g/mol. The number of carbonyl (C=O) groups excluding carboxylic acids is 4. The number of aromatic amines is 2. The zero-order valence-electron chi connectivity index (χ0n) is 35.2. The number of amides is 4. The number of nitrogens with one attached hydrogen (secondary N) is 4. The first-order chi connectivity index (χ1) is 29.4. The summed E-state index contributed by atoms with van der Waals surface area (Å²) < 4.78 is 15.9. The van der Waals surface area contributed by atoms with E-state index >= 15 is 0 Å². The molecule has 0 saturated carbocycles. The number of nitrogens with zero attached hydrogens (tertiary/aromatic N) is 4. The molecule has 318 valence electrons. The molecule has 2 aliphatic heterocycles. The second-order valence-electron chi connectivity index (χ2n) is 16.1. The molecule has 2 fully saturated rings. The number of ether oxygens (including phenoxy) is 3. The molecule has 15 nitrogen and oxygen atoms in total. The first-order valence-corrected chi connectivity index (χ1v) is 20.6. The summed E-state index contributed by atoms with van der Waals surface area (Å²) in [5.74, 6) is 7.84. The van der Waals surface area contributed by atoms with E-state index in [-0.39, 0.29) is 35.8 Å². The van der Waals surface area contributed by atoms with Crippen LogP contribution in [0.1, 0.15) is 81.8 Å². The van der Waals surface area contributed by atoms with E-state index in [1.807, 2.05) is 100 Å². The van der Waals surface area contributed by atoms with E-state index in [4.69, 9.17) is 19.2 Å². The average Bonchev–Trinajstić information content (AvgIpc) is 4.10. The van der Waals surface area contributed by atoms with Crippen LogP contribution in [0.4, 0.5) is 9.59 Å². The highest BCUT2D eigenvalue weighted by atomic mass is 16.5. The Labute approximate surface area is 354 Å². The molecule has 4 heterocycles. The highest BCUT2D eigenvalue weighted by Crippen LogP contribution is 2.36. The topological polar surface area (TPSA) is 184 Å². The van der Waals surface area contributed by atoms with Gasteiger partial charge in [-0.05, 0) is 72.7 Å². The number of alkyl carbamates (subject to hydrolysis) is 2.